The summed E-state index contributed by atoms with van der Waals surface area (Å²) < 4.78 is 41.4. The number of fused-ring (bicyclic) bond motifs is 1. The lowest BCUT2D eigenvalue weighted by atomic mass is 9.90. The van der Waals surface area contributed by atoms with E-state index in [1.165, 1.54) is 10.7 Å². The summed E-state index contributed by atoms with van der Waals surface area (Å²) in [7, 11) is 0. The van der Waals surface area contributed by atoms with Gasteiger partial charge in [0.25, 0.3) is 0 Å². The molecule has 3 fully saturated rings. The molecule has 190 valence electrons. The smallest absolute Gasteiger partial charge is 0.393 e. The monoisotopic (exact) mass is 501 g/mol. The zero-order chi connectivity index (χ0) is 25.0. The molecule has 6 rings (SSSR count). The molecule has 36 heavy (non-hydrogen) atoms. The van der Waals surface area contributed by atoms with Crippen molar-refractivity contribution in [3.05, 3.63) is 36.0 Å². The number of alkyl halides is 3. The van der Waals surface area contributed by atoms with Gasteiger partial charge in [0.2, 0.25) is 11.9 Å². The molecule has 3 aromatic rings. The third-order valence-corrected chi connectivity index (χ3v) is 7.29. The standard InChI is InChI=1S/C24H26F3N7O2/c25-24(26,27)14-3-1-4-16(9-14)34-22-19(12-28-34)21(30-23(31-22)29-15-10-18(35)11-15)32-8-6-17(13-32)33-7-2-5-20(33)36/h1,3-4,9,12,15,17-18,35H,2,5-8,10-11,13H2,(H,29,30,31)/t15-,17?,18+. The van der Waals surface area contributed by atoms with Crippen LogP contribution in [0, 0.1) is 0 Å². The van der Waals surface area contributed by atoms with E-state index in [2.05, 4.69) is 20.3 Å². The van der Waals surface area contributed by atoms with Gasteiger partial charge in [-0.2, -0.15) is 28.2 Å². The molecule has 9 nitrogen and oxygen atoms in total. The summed E-state index contributed by atoms with van der Waals surface area (Å²) in [6.07, 6.45) is 0.163. The number of hydrogen-bond acceptors (Lipinski definition) is 7. The van der Waals surface area contributed by atoms with E-state index in [1.54, 1.807) is 12.3 Å². The summed E-state index contributed by atoms with van der Waals surface area (Å²) >= 11 is 0. The highest BCUT2D eigenvalue weighted by Gasteiger charge is 2.35. The Balaban J connectivity index is 1.38. The van der Waals surface area contributed by atoms with Gasteiger partial charge in [-0.1, -0.05) is 6.07 Å². The number of aromatic nitrogens is 4. The summed E-state index contributed by atoms with van der Waals surface area (Å²) in [6.45, 7) is 2.08. The van der Waals surface area contributed by atoms with Crippen molar-refractivity contribution in [1.82, 2.24) is 24.6 Å². The van der Waals surface area contributed by atoms with E-state index in [9.17, 15) is 23.1 Å². The van der Waals surface area contributed by atoms with Crippen LogP contribution >= 0.6 is 0 Å². The number of aliphatic hydroxyl groups excluding tert-OH is 1. The molecule has 1 saturated carbocycles. The molecule has 1 aromatic carbocycles. The van der Waals surface area contributed by atoms with Gasteiger partial charge in [0.15, 0.2) is 5.65 Å². The summed E-state index contributed by atoms with van der Waals surface area (Å²) in [5.74, 6) is 1.15. The van der Waals surface area contributed by atoms with Crippen LogP contribution < -0.4 is 10.2 Å². The number of nitrogens with zero attached hydrogens (tertiary/aromatic N) is 6. The summed E-state index contributed by atoms with van der Waals surface area (Å²) in [5, 5.41) is 17.9. The first-order valence-electron chi connectivity index (χ1n) is 12.2. The van der Waals surface area contributed by atoms with Crippen molar-refractivity contribution in [2.45, 2.75) is 56.5 Å². The second-order valence-electron chi connectivity index (χ2n) is 9.76. The zero-order valence-electron chi connectivity index (χ0n) is 19.4. The maximum absolute atomic E-state index is 13.3. The van der Waals surface area contributed by atoms with Gasteiger partial charge in [0.05, 0.1) is 35.0 Å². The summed E-state index contributed by atoms with van der Waals surface area (Å²) in [4.78, 5) is 25.7. The van der Waals surface area contributed by atoms with Crippen molar-refractivity contribution in [3.8, 4) is 5.69 Å². The number of likely N-dealkylation sites (tertiary alicyclic amines) is 1. The predicted molar refractivity (Wildman–Crippen MR) is 126 cm³/mol. The Hall–Kier alpha value is -3.41. The van der Waals surface area contributed by atoms with Gasteiger partial charge >= 0.3 is 6.18 Å². The van der Waals surface area contributed by atoms with E-state index in [0.717, 1.165) is 31.5 Å². The number of carbonyl (C=O) groups excluding carboxylic acids is 1. The molecular formula is C24H26F3N7O2. The van der Waals surface area contributed by atoms with E-state index < -0.39 is 11.7 Å². The van der Waals surface area contributed by atoms with Crippen LogP contribution in [0.1, 0.15) is 37.7 Å². The second kappa shape index (κ2) is 8.61. The lowest BCUT2D eigenvalue weighted by Gasteiger charge is -2.32. The number of anilines is 2. The van der Waals surface area contributed by atoms with Gasteiger partial charge in [-0.25, -0.2) is 4.68 Å². The molecule has 4 heterocycles. The van der Waals surface area contributed by atoms with Crippen molar-refractivity contribution < 1.29 is 23.1 Å². The Labute approximate surface area is 204 Å². The molecule has 12 heteroatoms. The van der Waals surface area contributed by atoms with E-state index in [4.69, 9.17) is 4.98 Å². The molecule has 1 atom stereocenters. The Morgan fingerprint density at radius 2 is 1.97 bits per heavy atom. The van der Waals surface area contributed by atoms with Gasteiger partial charge in [-0.05, 0) is 43.9 Å². The van der Waals surface area contributed by atoms with Gasteiger partial charge in [0.1, 0.15) is 5.82 Å². The number of amides is 1. The fourth-order valence-electron chi connectivity index (χ4n) is 5.33. The van der Waals surface area contributed by atoms with Crippen LogP contribution in [0.2, 0.25) is 0 Å². The molecule has 0 spiro atoms. The normalized spacial score (nSPS) is 24.6. The Morgan fingerprint density at radius 3 is 2.69 bits per heavy atom. The molecular weight excluding hydrogens is 475 g/mol. The molecule has 2 saturated heterocycles. The third-order valence-electron chi connectivity index (χ3n) is 7.29. The highest BCUT2D eigenvalue weighted by molar-refractivity contribution is 5.89. The number of halogens is 3. The second-order valence-corrected chi connectivity index (χ2v) is 9.76. The number of benzene rings is 1. The Bertz CT molecular complexity index is 1300. The molecule has 2 aliphatic heterocycles. The SMILES string of the molecule is O=C1CCCN1C1CCN(c2nc(N[C@H]3C[C@@H](O)C3)nc3c2cnn3-c2cccc(C(F)(F)F)c2)C1. The van der Waals surface area contributed by atoms with Crippen LogP contribution in [0.15, 0.2) is 30.5 Å². The van der Waals surface area contributed by atoms with Crippen molar-refractivity contribution in [2.75, 3.05) is 29.9 Å². The molecule has 2 aromatic heterocycles. The molecule has 1 amide bonds. The minimum absolute atomic E-state index is 0.0174. The van der Waals surface area contributed by atoms with Gasteiger partial charge in [-0.3, -0.25) is 4.79 Å². The first-order chi connectivity index (χ1) is 17.3. The minimum Gasteiger partial charge on any atom is -0.393 e. The van der Waals surface area contributed by atoms with Gasteiger partial charge in [-0.15, -0.1) is 0 Å². The van der Waals surface area contributed by atoms with Crippen LogP contribution in [0.5, 0.6) is 0 Å². The molecule has 1 unspecified atom stereocenters. The highest BCUT2D eigenvalue weighted by atomic mass is 19.4. The predicted octanol–water partition coefficient (Wildman–Crippen LogP) is 2.97. The molecule has 0 bridgehead atoms. The summed E-state index contributed by atoms with van der Waals surface area (Å²) in [5.41, 5.74) is -0.128. The lowest BCUT2D eigenvalue weighted by molar-refractivity contribution is -0.137. The fraction of sp³-hybridized carbons (Fsp3) is 0.500. The van der Waals surface area contributed by atoms with Gasteiger partial charge in [0, 0.05) is 32.1 Å². The average molecular weight is 502 g/mol. The van der Waals surface area contributed by atoms with Crippen molar-refractivity contribution in [3.63, 3.8) is 0 Å². The number of hydrogen-bond donors (Lipinski definition) is 2. The number of rotatable bonds is 5. The van der Waals surface area contributed by atoms with Crippen LogP contribution in [0.4, 0.5) is 24.9 Å². The highest BCUT2D eigenvalue weighted by Crippen LogP contribution is 2.34. The van der Waals surface area contributed by atoms with Crippen molar-refractivity contribution in [1.29, 1.82) is 0 Å². The topological polar surface area (TPSA) is 99.4 Å². The van der Waals surface area contributed by atoms with Crippen LogP contribution in [-0.2, 0) is 11.0 Å². The van der Waals surface area contributed by atoms with E-state index in [1.807, 2.05) is 4.90 Å². The molecule has 3 aliphatic rings. The molecule has 1 aliphatic carbocycles. The average Bonchev–Trinajstić information content (AvgIpc) is 3.56. The maximum atomic E-state index is 13.3. The van der Waals surface area contributed by atoms with Crippen LogP contribution in [0.3, 0.4) is 0 Å². The summed E-state index contributed by atoms with van der Waals surface area (Å²) in [6, 6.07) is 5.10. The van der Waals surface area contributed by atoms with E-state index >= 15 is 0 Å². The third kappa shape index (κ3) is 4.12. The van der Waals surface area contributed by atoms with E-state index in [-0.39, 0.29) is 29.8 Å². The quantitative estimate of drug-likeness (QED) is 0.555. The number of aliphatic hydroxyl groups is 1. The molecule has 2 N–H and O–H groups in total. The van der Waals surface area contributed by atoms with Crippen LogP contribution in [-0.4, -0.2) is 73.5 Å². The first-order valence-corrected chi connectivity index (χ1v) is 12.2. The van der Waals surface area contributed by atoms with Crippen molar-refractivity contribution >= 4 is 28.7 Å². The number of nitrogens with one attached hydrogen (secondary N) is 1. The minimum atomic E-state index is -4.48. The fourth-order valence-corrected chi connectivity index (χ4v) is 5.33. The van der Waals surface area contributed by atoms with Crippen LogP contribution in [0.25, 0.3) is 16.7 Å². The van der Waals surface area contributed by atoms with E-state index in [0.29, 0.717) is 55.2 Å². The largest absolute Gasteiger partial charge is 0.416 e. The Kier molecular flexibility index (Phi) is 5.51. The Morgan fingerprint density at radius 1 is 1.14 bits per heavy atom. The number of carbonyl (C=O) groups is 1. The van der Waals surface area contributed by atoms with Crippen molar-refractivity contribution in [2.24, 2.45) is 0 Å². The van der Waals surface area contributed by atoms with Gasteiger partial charge < -0.3 is 20.2 Å². The first kappa shape index (κ1) is 23.0. The maximum Gasteiger partial charge on any atom is 0.416 e. The molecule has 0 radical (unpaired) electrons. The zero-order valence-corrected chi connectivity index (χ0v) is 19.4. The lowest BCUT2D eigenvalue weighted by Crippen LogP contribution is -2.39.